The van der Waals surface area contributed by atoms with Crippen LogP contribution in [0.25, 0.3) is 33.2 Å². The summed E-state index contributed by atoms with van der Waals surface area (Å²) in [4.78, 5) is 26.4. The lowest BCUT2D eigenvalue weighted by Gasteiger charge is -2.22. The van der Waals surface area contributed by atoms with E-state index >= 15 is 0 Å². The van der Waals surface area contributed by atoms with Crippen molar-refractivity contribution in [3.8, 4) is 28.6 Å². The minimum absolute atomic E-state index is 0.00214. The van der Waals surface area contributed by atoms with Gasteiger partial charge in [0.05, 0.1) is 76.6 Å². The lowest BCUT2D eigenvalue weighted by Crippen LogP contribution is -2.29. The molecule has 0 aliphatic heterocycles. The van der Waals surface area contributed by atoms with Crippen LogP contribution < -0.4 is 4.74 Å². The number of nitro groups is 2. The number of ether oxygens (including phenoxy) is 1. The number of phenolic OH excluding ortho intramolecular Hbond substituents is 2. The molecule has 0 spiro atoms. The van der Waals surface area contributed by atoms with Crippen LogP contribution >= 0.6 is 0 Å². The van der Waals surface area contributed by atoms with Crippen molar-refractivity contribution in [2.75, 3.05) is 59.7 Å². The molecule has 0 aliphatic rings. The van der Waals surface area contributed by atoms with Crippen molar-refractivity contribution in [1.29, 1.82) is 0 Å². The second kappa shape index (κ2) is 19.6. The molecule has 6 N–H and O–H groups in total. The molecule has 0 saturated carbocycles. The van der Waals surface area contributed by atoms with Crippen LogP contribution in [0.3, 0.4) is 0 Å². The van der Waals surface area contributed by atoms with Crippen LogP contribution in [0.2, 0.25) is 0 Å². The van der Waals surface area contributed by atoms with E-state index in [2.05, 4.69) is 0 Å². The maximum Gasteiger partial charge on any atom is 0.298 e. The highest BCUT2D eigenvalue weighted by Crippen LogP contribution is 2.42. The Bertz CT molecular complexity index is 2400. The van der Waals surface area contributed by atoms with Crippen molar-refractivity contribution in [2.24, 2.45) is 0 Å². The molecule has 59 heavy (non-hydrogen) atoms. The number of benzene rings is 4. The van der Waals surface area contributed by atoms with E-state index in [4.69, 9.17) is 4.74 Å². The largest absolute Gasteiger partial charge is 0.508 e. The molecule has 314 valence electrons. The molecule has 0 aliphatic carbocycles. The molecule has 2 heterocycles. The van der Waals surface area contributed by atoms with Crippen LogP contribution in [-0.2, 0) is 13.1 Å². The Balaban J connectivity index is 0.000000224. The first-order valence-electron chi connectivity index (χ1n) is 18.9. The monoisotopic (exact) mass is 814 g/mol. The molecule has 0 saturated heterocycles. The van der Waals surface area contributed by atoms with Crippen molar-refractivity contribution < 1.29 is 45.2 Å². The van der Waals surface area contributed by atoms with Crippen LogP contribution in [0, 0.1) is 41.0 Å². The van der Waals surface area contributed by atoms with Gasteiger partial charge < -0.3 is 44.5 Å². The van der Waals surface area contributed by atoms with Gasteiger partial charge in [-0.2, -0.15) is 0 Å². The molecule has 0 atom stereocenters. The Morgan fingerprint density at radius 2 is 0.932 bits per heavy atom. The summed E-state index contributed by atoms with van der Waals surface area (Å²) in [7, 11) is 1.56. The molecule has 0 fully saturated rings. The maximum absolute atomic E-state index is 11.8. The first-order chi connectivity index (χ1) is 28.3. The zero-order valence-electron chi connectivity index (χ0n) is 33.4. The molecular formula is C42H50N6O11. The Kier molecular flexibility index (Phi) is 14.6. The van der Waals surface area contributed by atoms with Crippen LogP contribution in [-0.4, -0.2) is 119 Å². The number of aliphatic hydroxyl groups is 4. The second-order valence-corrected chi connectivity index (χ2v) is 14.0. The average molecular weight is 815 g/mol. The van der Waals surface area contributed by atoms with E-state index < -0.39 is 9.85 Å². The summed E-state index contributed by atoms with van der Waals surface area (Å²) in [5.41, 5.74) is 5.46. The first kappa shape index (κ1) is 44.0. The minimum Gasteiger partial charge on any atom is -0.508 e. The third-order valence-electron chi connectivity index (χ3n) is 10.2. The van der Waals surface area contributed by atoms with E-state index in [9.17, 15) is 50.9 Å². The number of aliphatic hydroxyl groups excluding tert-OH is 4. The van der Waals surface area contributed by atoms with E-state index in [1.807, 2.05) is 31.2 Å². The number of aryl methyl sites for hydroxylation is 1. The van der Waals surface area contributed by atoms with Crippen LogP contribution in [0.1, 0.15) is 28.1 Å². The number of nitrogens with zero attached hydrogens (tertiary/aromatic N) is 6. The number of hydrogen-bond acceptors (Lipinski definition) is 13. The smallest absolute Gasteiger partial charge is 0.298 e. The molecule has 2 aromatic heterocycles. The summed E-state index contributed by atoms with van der Waals surface area (Å²) in [5.74, 6) is 0.659. The van der Waals surface area contributed by atoms with Gasteiger partial charge in [-0.05, 0) is 81.4 Å². The molecular weight excluding hydrogens is 764 g/mol. The average Bonchev–Trinajstić information content (AvgIpc) is 3.68. The number of aromatic nitrogens is 2. The molecule has 6 rings (SSSR count). The highest BCUT2D eigenvalue weighted by atomic mass is 16.6. The van der Waals surface area contributed by atoms with Crippen molar-refractivity contribution in [3.05, 3.63) is 121 Å². The molecule has 17 heteroatoms. The normalized spacial score (nSPS) is 11.4. The summed E-state index contributed by atoms with van der Waals surface area (Å²) >= 11 is 0. The van der Waals surface area contributed by atoms with E-state index in [1.165, 1.54) is 12.1 Å². The summed E-state index contributed by atoms with van der Waals surface area (Å²) in [6.07, 6.45) is 0. The maximum atomic E-state index is 11.8. The van der Waals surface area contributed by atoms with Gasteiger partial charge in [0.2, 0.25) is 0 Å². The van der Waals surface area contributed by atoms with Crippen LogP contribution in [0.5, 0.6) is 17.2 Å². The van der Waals surface area contributed by atoms with Gasteiger partial charge in [-0.15, -0.1) is 0 Å². The van der Waals surface area contributed by atoms with Gasteiger partial charge in [0.25, 0.3) is 11.4 Å². The lowest BCUT2D eigenvalue weighted by atomic mass is 10.1. The molecule has 0 unspecified atom stereocenters. The van der Waals surface area contributed by atoms with Crippen LogP contribution in [0.15, 0.2) is 72.8 Å². The van der Waals surface area contributed by atoms with Gasteiger partial charge in [-0.25, -0.2) is 0 Å². The van der Waals surface area contributed by atoms with Gasteiger partial charge in [-0.3, -0.25) is 30.0 Å². The zero-order chi connectivity index (χ0) is 43.0. The highest BCUT2D eigenvalue weighted by Gasteiger charge is 2.29. The Morgan fingerprint density at radius 1 is 0.576 bits per heavy atom. The van der Waals surface area contributed by atoms with E-state index in [1.54, 1.807) is 76.3 Å². The standard InChI is InChI=1S/C21H25N3O6.C21H25N3O5/c1-14-20(24(28)29)17-7-8-19(27)18(13-22(9-11-25)10-12-26)21(17)23(14)15-3-5-16(30-2)6-4-15;1-14-3-5-16(6-4-14)23-15(2)20(24(28)29)17-7-8-19(27)18(21(17)23)13-22(9-11-25)10-12-26/h3-8,25-27H,9-13H2,1-2H3;3-8,25-27H,9-13H2,1-2H3. The predicted molar refractivity (Wildman–Crippen MR) is 223 cm³/mol. The number of hydrogen-bond donors (Lipinski definition) is 6. The molecule has 0 bridgehead atoms. The number of phenols is 2. The summed E-state index contributed by atoms with van der Waals surface area (Å²) in [6.45, 7) is 6.53. The zero-order valence-corrected chi connectivity index (χ0v) is 33.4. The Hall–Kier alpha value is -6.08. The van der Waals surface area contributed by atoms with Gasteiger partial charge in [-0.1, -0.05) is 17.7 Å². The van der Waals surface area contributed by atoms with E-state index in [0.29, 0.717) is 81.9 Å². The fourth-order valence-electron chi connectivity index (χ4n) is 7.48. The van der Waals surface area contributed by atoms with Crippen molar-refractivity contribution in [3.63, 3.8) is 0 Å². The molecule has 0 radical (unpaired) electrons. The fraction of sp³-hybridized carbons (Fsp3) is 0.333. The summed E-state index contributed by atoms with van der Waals surface area (Å²) in [6, 6.07) is 20.8. The lowest BCUT2D eigenvalue weighted by molar-refractivity contribution is -0.383. The Labute approximate surface area is 340 Å². The number of rotatable bonds is 17. The summed E-state index contributed by atoms with van der Waals surface area (Å²) < 4.78 is 8.74. The predicted octanol–water partition coefficient (Wildman–Crippen LogP) is 5.00. The Morgan fingerprint density at radius 3 is 1.25 bits per heavy atom. The first-order valence-corrected chi connectivity index (χ1v) is 18.9. The van der Waals surface area contributed by atoms with Crippen LogP contribution in [0.4, 0.5) is 11.4 Å². The SMILES string of the molecule is COc1ccc(-n2c(C)c([N+](=O)[O-])c3ccc(O)c(CN(CCO)CCO)c32)cc1.Cc1ccc(-n2c(C)c([N+](=O)[O-])c3ccc(O)c(CN(CCO)CCO)c32)cc1. The second-order valence-electron chi connectivity index (χ2n) is 14.0. The van der Waals surface area contributed by atoms with Crippen molar-refractivity contribution in [1.82, 2.24) is 18.9 Å². The van der Waals surface area contributed by atoms with Gasteiger partial charge >= 0.3 is 0 Å². The third kappa shape index (κ3) is 9.30. The van der Waals surface area contributed by atoms with E-state index in [-0.39, 0.29) is 62.4 Å². The molecule has 6 aromatic rings. The van der Waals surface area contributed by atoms with Crippen molar-refractivity contribution in [2.45, 2.75) is 33.9 Å². The minimum atomic E-state index is -0.419. The molecule has 0 amide bonds. The molecule has 4 aromatic carbocycles. The van der Waals surface area contributed by atoms with Gasteiger partial charge in [0.1, 0.15) is 17.2 Å². The third-order valence-corrected chi connectivity index (χ3v) is 10.2. The quantitative estimate of drug-likeness (QED) is 0.0527. The van der Waals surface area contributed by atoms with Crippen molar-refractivity contribution >= 4 is 33.2 Å². The summed E-state index contributed by atoms with van der Waals surface area (Å²) in [5, 5.41) is 83.1. The van der Waals surface area contributed by atoms with Gasteiger partial charge in [0.15, 0.2) is 0 Å². The van der Waals surface area contributed by atoms with E-state index in [0.717, 1.165) is 11.3 Å². The fourth-order valence-corrected chi connectivity index (χ4v) is 7.48. The number of methoxy groups -OCH3 is 1. The topological polar surface area (TPSA) is 233 Å². The molecule has 17 nitrogen and oxygen atoms in total. The number of fused-ring (bicyclic) bond motifs is 2. The number of aromatic hydroxyl groups is 2. The van der Waals surface area contributed by atoms with Gasteiger partial charge in [0, 0.05) is 61.8 Å². The highest BCUT2D eigenvalue weighted by molar-refractivity contribution is 5.97.